The van der Waals surface area contributed by atoms with Gasteiger partial charge in [-0.1, -0.05) is 20.8 Å². The van der Waals surface area contributed by atoms with E-state index >= 15 is 0 Å². The standard InChI is InChI=1S/C17H31N5O/c1-17(2,3)15(23-6)10-19-16(18-4)22-8-7-13(12-22)14-9-20-21(5)11-14/h9,11,13,15H,7-8,10,12H2,1-6H3,(H,18,19). The van der Waals surface area contributed by atoms with E-state index in [1.807, 2.05) is 25.0 Å². The molecule has 2 atom stereocenters. The highest BCUT2D eigenvalue weighted by molar-refractivity contribution is 5.80. The van der Waals surface area contributed by atoms with Crippen LogP contribution in [0, 0.1) is 5.41 Å². The number of hydrogen-bond donors (Lipinski definition) is 1. The summed E-state index contributed by atoms with van der Waals surface area (Å²) in [6.45, 7) is 9.35. The van der Waals surface area contributed by atoms with Crippen molar-refractivity contribution in [3.8, 4) is 0 Å². The number of methoxy groups -OCH3 is 1. The molecule has 1 N–H and O–H groups in total. The molecule has 2 unspecified atom stereocenters. The summed E-state index contributed by atoms with van der Waals surface area (Å²) in [5.74, 6) is 1.49. The molecule has 1 aromatic heterocycles. The summed E-state index contributed by atoms with van der Waals surface area (Å²) in [7, 11) is 5.58. The Bertz CT molecular complexity index is 531. The van der Waals surface area contributed by atoms with Crippen LogP contribution in [0.4, 0.5) is 0 Å². The smallest absolute Gasteiger partial charge is 0.193 e. The second-order valence-electron chi connectivity index (χ2n) is 7.40. The van der Waals surface area contributed by atoms with Gasteiger partial charge >= 0.3 is 0 Å². The predicted octanol–water partition coefficient (Wildman–Crippen LogP) is 1.85. The lowest BCUT2D eigenvalue weighted by Gasteiger charge is -2.31. The minimum Gasteiger partial charge on any atom is -0.379 e. The maximum absolute atomic E-state index is 5.62. The lowest BCUT2D eigenvalue weighted by atomic mass is 9.89. The minimum atomic E-state index is 0.101. The van der Waals surface area contributed by atoms with Crippen LogP contribution in [0.2, 0.25) is 0 Å². The molecule has 130 valence electrons. The van der Waals surface area contributed by atoms with Crippen molar-refractivity contribution in [3.63, 3.8) is 0 Å². The van der Waals surface area contributed by atoms with Crippen LogP contribution in [0.1, 0.15) is 38.7 Å². The molecule has 6 heteroatoms. The van der Waals surface area contributed by atoms with Gasteiger partial charge in [0.1, 0.15) is 0 Å². The number of likely N-dealkylation sites (tertiary alicyclic amines) is 1. The average molecular weight is 321 g/mol. The highest BCUT2D eigenvalue weighted by Crippen LogP contribution is 2.27. The Morgan fingerprint density at radius 1 is 1.52 bits per heavy atom. The second kappa shape index (κ2) is 7.34. The summed E-state index contributed by atoms with van der Waals surface area (Å²) in [4.78, 5) is 6.77. The van der Waals surface area contributed by atoms with Gasteiger partial charge in [-0.2, -0.15) is 5.10 Å². The molecule has 0 spiro atoms. The molecule has 2 rings (SSSR count). The molecule has 0 aliphatic carbocycles. The van der Waals surface area contributed by atoms with Gasteiger partial charge < -0.3 is 15.0 Å². The van der Waals surface area contributed by atoms with Crippen LogP contribution in [0.5, 0.6) is 0 Å². The largest absolute Gasteiger partial charge is 0.379 e. The number of ether oxygens (including phenoxy) is 1. The van der Waals surface area contributed by atoms with E-state index in [2.05, 4.69) is 47.3 Å². The van der Waals surface area contributed by atoms with Gasteiger partial charge in [0.25, 0.3) is 0 Å². The van der Waals surface area contributed by atoms with Crippen molar-refractivity contribution in [2.24, 2.45) is 17.5 Å². The third-order valence-corrected chi connectivity index (χ3v) is 4.59. The van der Waals surface area contributed by atoms with E-state index < -0.39 is 0 Å². The maximum Gasteiger partial charge on any atom is 0.193 e. The van der Waals surface area contributed by atoms with Crippen molar-refractivity contribution in [1.82, 2.24) is 20.0 Å². The Balaban J connectivity index is 1.92. The van der Waals surface area contributed by atoms with Gasteiger partial charge in [-0.05, 0) is 17.4 Å². The van der Waals surface area contributed by atoms with Crippen LogP contribution < -0.4 is 5.32 Å². The van der Waals surface area contributed by atoms with Gasteiger partial charge in [0.15, 0.2) is 5.96 Å². The highest BCUT2D eigenvalue weighted by Gasteiger charge is 2.29. The first-order valence-electron chi connectivity index (χ1n) is 8.32. The molecular formula is C17H31N5O. The molecule has 1 aliphatic heterocycles. The fourth-order valence-electron chi connectivity index (χ4n) is 3.14. The van der Waals surface area contributed by atoms with Crippen LogP contribution in [-0.2, 0) is 11.8 Å². The lowest BCUT2D eigenvalue weighted by Crippen LogP contribution is -2.46. The maximum atomic E-state index is 5.62. The van der Waals surface area contributed by atoms with Crippen molar-refractivity contribution >= 4 is 5.96 Å². The minimum absolute atomic E-state index is 0.101. The van der Waals surface area contributed by atoms with E-state index in [0.29, 0.717) is 5.92 Å². The third kappa shape index (κ3) is 4.47. The topological polar surface area (TPSA) is 54.7 Å². The second-order valence-corrected chi connectivity index (χ2v) is 7.40. The van der Waals surface area contributed by atoms with E-state index in [-0.39, 0.29) is 11.5 Å². The highest BCUT2D eigenvalue weighted by atomic mass is 16.5. The zero-order chi connectivity index (χ0) is 17.0. The van der Waals surface area contributed by atoms with Crippen molar-refractivity contribution in [3.05, 3.63) is 18.0 Å². The normalized spacial score (nSPS) is 20.9. The van der Waals surface area contributed by atoms with Gasteiger partial charge in [0.05, 0.1) is 12.3 Å². The van der Waals surface area contributed by atoms with E-state index in [1.54, 1.807) is 7.11 Å². The van der Waals surface area contributed by atoms with E-state index in [4.69, 9.17) is 4.74 Å². The molecule has 0 aromatic carbocycles. The van der Waals surface area contributed by atoms with Gasteiger partial charge in [-0.3, -0.25) is 9.67 Å². The van der Waals surface area contributed by atoms with Crippen molar-refractivity contribution in [2.45, 2.75) is 39.2 Å². The first-order valence-corrected chi connectivity index (χ1v) is 8.32. The first-order chi connectivity index (χ1) is 10.8. The van der Waals surface area contributed by atoms with Gasteiger partial charge in [-0.15, -0.1) is 0 Å². The van der Waals surface area contributed by atoms with E-state index in [1.165, 1.54) is 5.56 Å². The number of nitrogens with one attached hydrogen (secondary N) is 1. The Morgan fingerprint density at radius 2 is 2.26 bits per heavy atom. The SMILES string of the molecule is CN=C(NCC(OC)C(C)(C)C)N1CCC(c2cnn(C)c2)C1. The summed E-state index contributed by atoms with van der Waals surface area (Å²) in [6, 6.07) is 0. The number of aryl methyl sites for hydroxylation is 1. The van der Waals surface area contributed by atoms with E-state index in [0.717, 1.165) is 32.0 Å². The molecule has 23 heavy (non-hydrogen) atoms. The monoisotopic (exact) mass is 321 g/mol. The van der Waals surface area contributed by atoms with Gasteiger partial charge in [-0.25, -0.2) is 0 Å². The molecule has 0 radical (unpaired) electrons. The summed E-state index contributed by atoms with van der Waals surface area (Å²) < 4.78 is 7.49. The molecule has 1 aliphatic rings. The van der Waals surface area contributed by atoms with Crippen LogP contribution in [0.3, 0.4) is 0 Å². The lowest BCUT2D eigenvalue weighted by molar-refractivity contribution is 0.0202. The number of aliphatic imine (C=N–C) groups is 1. The Morgan fingerprint density at radius 3 is 2.78 bits per heavy atom. The quantitative estimate of drug-likeness (QED) is 0.679. The van der Waals surface area contributed by atoms with Crippen LogP contribution in [-0.4, -0.2) is 60.5 Å². The number of aromatic nitrogens is 2. The van der Waals surface area contributed by atoms with E-state index in [9.17, 15) is 0 Å². The zero-order valence-corrected chi connectivity index (χ0v) is 15.3. The molecule has 6 nitrogen and oxygen atoms in total. The Hall–Kier alpha value is -1.56. The first kappa shape index (κ1) is 17.8. The molecule has 1 saturated heterocycles. The van der Waals surface area contributed by atoms with Crippen molar-refractivity contribution in [2.75, 3.05) is 33.8 Å². The Labute approximate surface area is 139 Å². The third-order valence-electron chi connectivity index (χ3n) is 4.59. The van der Waals surface area contributed by atoms with Crippen LogP contribution >= 0.6 is 0 Å². The average Bonchev–Trinajstić information content (AvgIpc) is 3.11. The molecule has 1 aromatic rings. The molecule has 0 saturated carbocycles. The fraction of sp³-hybridized carbons (Fsp3) is 0.765. The molecule has 0 amide bonds. The molecule has 0 bridgehead atoms. The number of guanidine groups is 1. The number of rotatable bonds is 4. The number of hydrogen-bond acceptors (Lipinski definition) is 3. The van der Waals surface area contributed by atoms with Crippen molar-refractivity contribution in [1.29, 1.82) is 0 Å². The Kier molecular flexibility index (Phi) is 5.68. The number of nitrogens with zero attached hydrogens (tertiary/aromatic N) is 4. The molecular weight excluding hydrogens is 290 g/mol. The summed E-state index contributed by atoms with van der Waals surface area (Å²) >= 11 is 0. The van der Waals surface area contributed by atoms with Gasteiger partial charge in [0, 0.05) is 53.0 Å². The van der Waals surface area contributed by atoms with Crippen LogP contribution in [0.25, 0.3) is 0 Å². The summed E-state index contributed by atoms with van der Waals surface area (Å²) in [5.41, 5.74) is 1.42. The molecule has 2 heterocycles. The summed E-state index contributed by atoms with van der Waals surface area (Å²) in [6.07, 6.45) is 5.38. The van der Waals surface area contributed by atoms with Crippen LogP contribution in [0.15, 0.2) is 17.4 Å². The van der Waals surface area contributed by atoms with Gasteiger partial charge in [0.2, 0.25) is 0 Å². The van der Waals surface area contributed by atoms with Crippen molar-refractivity contribution < 1.29 is 4.74 Å². The summed E-state index contributed by atoms with van der Waals surface area (Å²) in [5, 5.41) is 7.76. The fourth-order valence-corrected chi connectivity index (χ4v) is 3.14. The molecule has 1 fully saturated rings. The zero-order valence-electron chi connectivity index (χ0n) is 15.3. The predicted molar refractivity (Wildman–Crippen MR) is 93.8 cm³/mol.